The van der Waals surface area contributed by atoms with Crippen molar-refractivity contribution in [2.75, 3.05) is 12.8 Å². The Kier molecular flexibility index (Phi) is 5.75. The second-order valence-corrected chi connectivity index (χ2v) is 9.89. The van der Waals surface area contributed by atoms with Crippen LogP contribution < -0.4 is 5.73 Å². The Morgan fingerprint density at radius 2 is 1.90 bits per heavy atom. The molecule has 0 unspecified atom stereocenters. The minimum Gasteiger partial charge on any atom is -0.465 e. The minimum absolute atomic E-state index is 0.0849. The van der Waals surface area contributed by atoms with Crippen molar-refractivity contribution < 1.29 is 9.53 Å². The molecular weight excluding hydrogens is 453 g/mol. The number of nitrogen functional groups attached to an aromatic ring is 1. The third-order valence-electron chi connectivity index (χ3n) is 5.69. The average molecular weight is 476 g/mol. The first-order chi connectivity index (χ1) is 14.7. The van der Waals surface area contributed by atoms with Gasteiger partial charge in [-0.05, 0) is 60.0 Å². The number of nitrogens with zero attached hydrogens (tertiary/aromatic N) is 2. The molecule has 2 aliphatic rings. The number of benzene rings is 2. The van der Waals surface area contributed by atoms with Gasteiger partial charge < -0.3 is 15.4 Å². The molecule has 8 heteroatoms. The summed E-state index contributed by atoms with van der Waals surface area (Å²) < 4.78 is 5.05. The van der Waals surface area contributed by atoms with Crippen molar-refractivity contribution in [3.05, 3.63) is 74.2 Å². The summed E-state index contributed by atoms with van der Waals surface area (Å²) in [7, 11) is 1.40. The fraction of sp³-hybridized carbons (Fsp3) is 0.304. The number of ether oxygens (including phenoxy) is 1. The number of thioether (sulfide) groups is 1. The predicted octanol–water partition coefficient (Wildman–Crippen LogP) is 5.99. The SMILES string of the molecule is COC(=O)C1=C(C(C)C)N2C(=N[C@@](C)(c3ccc(Cl)c(N)c3)[C@H]2c2ccc(Cl)cc2)S1. The lowest BCUT2D eigenvalue weighted by atomic mass is 9.81. The highest BCUT2D eigenvalue weighted by atomic mass is 35.5. The van der Waals surface area contributed by atoms with Crippen molar-refractivity contribution in [2.24, 2.45) is 10.9 Å². The van der Waals surface area contributed by atoms with E-state index in [1.54, 1.807) is 6.07 Å². The van der Waals surface area contributed by atoms with E-state index in [0.717, 1.165) is 22.0 Å². The molecule has 0 saturated carbocycles. The van der Waals surface area contributed by atoms with Gasteiger partial charge in [0.1, 0.15) is 10.4 Å². The first kappa shape index (κ1) is 22.1. The maximum absolute atomic E-state index is 12.5. The molecule has 0 aromatic heterocycles. The molecule has 0 amide bonds. The zero-order valence-corrected chi connectivity index (χ0v) is 20.0. The summed E-state index contributed by atoms with van der Waals surface area (Å²) in [5.74, 6) is -0.264. The molecule has 0 radical (unpaired) electrons. The molecule has 5 nitrogen and oxygen atoms in total. The first-order valence-corrected chi connectivity index (χ1v) is 11.4. The molecule has 0 aliphatic carbocycles. The van der Waals surface area contributed by atoms with Crippen LogP contribution in [0.5, 0.6) is 0 Å². The van der Waals surface area contributed by atoms with Crippen molar-refractivity contribution >= 4 is 51.8 Å². The Bertz CT molecular complexity index is 1110. The molecule has 2 atom stereocenters. The molecule has 0 fully saturated rings. The lowest BCUT2D eigenvalue weighted by molar-refractivity contribution is -0.135. The standard InChI is InChI=1S/C23H23Cl2N3O2S/c1-12(2)18-19(21(29)30-4)31-22-27-23(3,14-7-10-16(25)17(26)11-14)20(28(18)22)13-5-8-15(24)9-6-13/h5-12,20H,26H2,1-4H3/t20-,23+/m1/s1. The monoisotopic (exact) mass is 475 g/mol. The van der Waals surface area contributed by atoms with Crippen LogP contribution in [0.25, 0.3) is 0 Å². The van der Waals surface area contributed by atoms with E-state index in [4.69, 9.17) is 38.7 Å². The van der Waals surface area contributed by atoms with Gasteiger partial charge in [0.25, 0.3) is 0 Å². The van der Waals surface area contributed by atoms with Crippen molar-refractivity contribution in [3.63, 3.8) is 0 Å². The van der Waals surface area contributed by atoms with Gasteiger partial charge in [0.2, 0.25) is 0 Å². The minimum atomic E-state index is -0.656. The van der Waals surface area contributed by atoms with Gasteiger partial charge in [-0.15, -0.1) is 0 Å². The van der Waals surface area contributed by atoms with E-state index >= 15 is 0 Å². The fourth-order valence-electron chi connectivity index (χ4n) is 4.22. The zero-order valence-electron chi connectivity index (χ0n) is 17.6. The van der Waals surface area contributed by atoms with E-state index in [1.807, 2.05) is 36.4 Å². The predicted molar refractivity (Wildman–Crippen MR) is 128 cm³/mol. The quantitative estimate of drug-likeness (QED) is 0.434. The number of halogens is 2. The Morgan fingerprint density at radius 3 is 2.48 bits per heavy atom. The second kappa shape index (κ2) is 8.08. The summed E-state index contributed by atoms with van der Waals surface area (Å²) in [6.07, 6.45) is 0. The van der Waals surface area contributed by atoms with Crippen molar-refractivity contribution in [1.29, 1.82) is 0 Å². The maximum atomic E-state index is 12.5. The number of amidine groups is 1. The summed E-state index contributed by atoms with van der Waals surface area (Å²) in [5.41, 5.74) is 8.86. The molecule has 2 heterocycles. The van der Waals surface area contributed by atoms with Crippen LogP contribution in [0.15, 0.2) is 58.1 Å². The Hall–Kier alpha value is -2.15. The van der Waals surface area contributed by atoms with Crippen molar-refractivity contribution in [3.8, 4) is 0 Å². The van der Waals surface area contributed by atoms with Crippen LogP contribution in [0.2, 0.25) is 10.0 Å². The third-order valence-corrected chi connectivity index (χ3v) is 7.34. The van der Waals surface area contributed by atoms with Gasteiger partial charge in [-0.1, -0.05) is 55.2 Å². The van der Waals surface area contributed by atoms with E-state index in [2.05, 4.69) is 25.7 Å². The van der Waals surface area contributed by atoms with Crippen LogP contribution in [0, 0.1) is 5.92 Å². The van der Waals surface area contributed by atoms with Gasteiger partial charge in [-0.25, -0.2) is 9.79 Å². The van der Waals surface area contributed by atoms with E-state index < -0.39 is 5.54 Å². The van der Waals surface area contributed by atoms with Crippen molar-refractivity contribution in [2.45, 2.75) is 32.4 Å². The number of methoxy groups -OCH3 is 1. The normalized spacial score (nSPS) is 22.7. The van der Waals surface area contributed by atoms with E-state index in [1.165, 1.54) is 18.9 Å². The molecular formula is C23H23Cl2N3O2S. The van der Waals surface area contributed by atoms with Crippen LogP contribution in [-0.2, 0) is 15.1 Å². The lowest BCUT2D eigenvalue weighted by Gasteiger charge is -2.37. The highest BCUT2D eigenvalue weighted by Crippen LogP contribution is 2.56. The van der Waals surface area contributed by atoms with Crippen LogP contribution in [0.4, 0.5) is 5.69 Å². The van der Waals surface area contributed by atoms with Gasteiger partial charge >= 0.3 is 5.97 Å². The van der Waals surface area contributed by atoms with Crippen LogP contribution in [-0.4, -0.2) is 23.1 Å². The lowest BCUT2D eigenvalue weighted by Crippen LogP contribution is -2.36. The number of carbonyl (C=O) groups excluding carboxylic acids is 1. The fourth-order valence-corrected chi connectivity index (χ4v) is 5.79. The average Bonchev–Trinajstić information content (AvgIpc) is 3.23. The van der Waals surface area contributed by atoms with Gasteiger partial charge in [0, 0.05) is 10.7 Å². The summed E-state index contributed by atoms with van der Waals surface area (Å²) in [6, 6.07) is 13.2. The van der Waals surface area contributed by atoms with Gasteiger partial charge in [-0.3, -0.25) is 0 Å². The second-order valence-electron chi connectivity index (χ2n) is 8.06. The topological polar surface area (TPSA) is 67.9 Å². The highest BCUT2D eigenvalue weighted by molar-refractivity contribution is 8.18. The first-order valence-electron chi connectivity index (χ1n) is 9.87. The van der Waals surface area contributed by atoms with E-state index in [9.17, 15) is 4.79 Å². The number of aliphatic imine (C=N–C) groups is 1. The Labute approximate surface area is 196 Å². The number of esters is 1. The van der Waals surface area contributed by atoms with Crippen molar-refractivity contribution in [1.82, 2.24) is 4.90 Å². The number of hydrogen-bond donors (Lipinski definition) is 1. The van der Waals surface area contributed by atoms with E-state index in [-0.39, 0.29) is 17.9 Å². The number of hydrogen-bond acceptors (Lipinski definition) is 6. The number of rotatable bonds is 4. The number of carbonyl (C=O) groups is 1. The number of fused-ring (bicyclic) bond motifs is 1. The summed E-state index contributed by atoms with van der Waals surface area (Å²) >= 11 is 13.7. The molecule has 2 N–H and O–H groups in total. The molecule has 2 aromatic rings. The largest absolute Gasteiger partial charge is 0.465 e. The van der Waals surface area contributed by atoms with Crippen LogP contribution >= 0.6 is 35.0 Å². The van der Waals surface area contributed by atoms with Crippen LogP contribution in [0.1, 0.15) is 37.9 Å². The highest BCUT2D eigenvalue weighted by Gasteiger charge is 2.53. The number of allylic oxidation sites excluding steroid dienone is 1. The van der Waals surface area contributed by atoms with Gasteiger partial charge in [0.15, 0.2) is 5.17 Å². The number of anilines is 1. The molecule has 0 saturated heterocycles. The number of nitrogens with two attached hydrogens (primary N) is 1. The molecule has 0 spiro atoms. The molecule has 4 rings (SSSR count). The summed E-state index contributed by atoms with van der Waals surface area (Å²) in [5, 5.41) is 1.93. The summed E-state index contributed by atoms with van der Waals surface area (Å²) in [4.78, 5) is 20.4. The van der Waals surface area contributed by atoms with Gasteiger partial charge in [-0.2, -0.15) is 0 Å². The Balaban J connectivity index is 1.93. The van der Waals surface area contributed by atoms with Gasteiger partial charge in [0.05, 0.1) is 23.9 Å². The molecule has 2 aliphatic heterocycles. The smallest absolute Gasteiger partial charge is 0.346 e. The molecule has 2 aromatic carbocycles. The van der Waals surface area contributed by atoms with E-state index in [0.29, 0.717) is 20.6 Å². The summed E-state index contributed by atoms with van der Waals surface area (Å²) in [6.45, 7) is 6.21. The van der Waals surface area contributed by atoms with Crippen LogP contribution in [0.3, 0.4) is 0 Å². The maximum Gasteiger partial charge on any atom is 0.346 e. The molecule has 31 heavy (non-hydrogen) atoms. The third kappa shape index (κ3) is 3.60. The Morgan fingerprint density at radius 1 is 1.23 bits per heavy atom. The zero-order chi connectivity index (χ0) is 22.5. The molecule has 0 bridgehead atoms. The molecule has 162 valence electrons.